The van der Waals surface area contributed by atoms with Gasteiger partial charge in [0, 0.05) is 19.5 Å². The summed E-state index contributed by atoms with van der Waals surface area (Å²) < 4.78 is 110. The van der Waals surface area contributed by atoms with Crippen LogP contribution in [0.3, 0.4) is 0 Å². The Hall–Kier alpha value is -2.61. The molecule has 2 heterocycles. The summed E-state index contributed by atoms with van der Waals surface area (Å²) in [6, 6.07) is 11.3. The van der Waals surface area contributed by atoms with Crippen molar-refractivity contribution in [1.82, 2.24) is 4.31 Å². The Bertz CT molecular complexity index is 1470. The van der Waals surface area contributed by atoms with Gasteiger partial charge in [-0.2, -0.15) is 35.7 Å². The van der Waals surface area contributed by atoms with Crippen molar-refractivity contribution in [2.45, 2.75) is 67.8 Å². The fraction of sp³-hybridized carbons (Fsp3) is 0.464. The molecule has 5 rings (SSSR count). The van der Waals surface area contributed by atoms with Crippen LogP contribution in [0.4, 0.5) is 32.0 Å². The fourth-order valence-electron chi connectivity index (χ4n) is 5.80. The minimum Gasteiger partial charge on any atom is -0.369 e. The smallest absolute Gasteiger partial charge is 0.369 e. The van der Waals surface area contributed by atoms with Crippen molar-refractivity contribution < 1.29 is 39.9 Å². The lowest BCUT2D eigenvalue weighted by molar-refractivity contribution is -0.338. The summed E-state index contributed by atoms with van der Waals surface area (Å²) in [5.41, 5.74) is -4.57. The zero-order chi connectivity index (χ0) is 30.5. The number of nitrogens with zero attached hydrogens (tertiary/aromatic N) is 3. The van der Waals surface area contributed by atoms with Crippen molar-refractivity contribution in [2.24, 2.45) is 5.10 Å². The van der Waals surface area contributed by atoms with Crippen LogP contribution in [0.25, 0.3) is 5.57 Å². The van der Waals surface area contributed by atoms with Gasteiger partial charge in [-0.05, 0) is 48.1 Å². The Morgan fingerprint density at radius 3 is 2.10 bits per heavy atom. The van der Waals surface area contributed by atoms with E-state index in [-0.39, 0.29) is 22.5 Å². The van der Waals surface area contributed by atoms with E-state index < -0.39 is 46.2 Å². The van der Waals surface area contributed by atoms with Gasteiger partial charge in [-0.25, -0.2) is 8.42 Å². The van der Waals surface area contributed by atoms with Crippen LogP contribution in [0.5, 0.6) is 0 Å². The highest BCUT2D eigenvalue weighted by molar-refractivity contribution is 7.89. The van der Waals surface area contributed by atoms with E-state index in [1.807, 2.05) is 6.08 Å². The van der Waals surface area contributed by atoms with E-state index in [0.29, 0.717) is 31.4 Å². The molecule has 1 aliphatic carbocycles. The first-order chi connectivity index (χ1) is 19.6. The lowest BCUT2D eigenvalue weighted by Gasteiger charge is -2.32. The first kappa shape index (κ1) is 30.8. The van der Waals surface area contributed by atoms with Crippen molar-refractivity contribution in [1.29, 1.82) is 0 Å². The molecule has 1 fully saturated rings. The molecule has 1 unspecified atom stereocenters. The second-order valence-corrected chi connectivity index (χ2v) is 13.3. The van der Waals surface area contributed by atoms with Gasteiger partial charge >= 0.3 is 12.4 Å². The van der Waals surface area contributed by atoms with Crippen molar-refractivity contribution in [3.8, 4) is 0 Å². The maximum Gasteiger partial charge on any atom is 0.431 e. The number of anilines is 1. The third kappa shape index (κ3) is 5.44. The highest BCUT2D eigenvalue weighted by atomic mass is 35.5. The molecule has 0 spiro atoms. The van der Waals surface area contributed by atoms with Crippen LogP contribution >= 0.6 is 11.6 Å². The van der Waals surface area contributed by atoms with E-state index in [9.17, 15) is 39.9 Å². The Kier molecular flexibility index (Phi) is 8.18. The molecule has 0 saturated heterocycles. The number of rotatable bonds is 6. The SMILES string of the molecule is O=S(=O)(C1CCCC1)N1CC=C(c2ccc(C3CC(C(O)(C(F)(F)F)C(F)(F)F)=NN3c3ccccc3Cl)cc2)CC1. The summed E-state index contributed by atoms with van der Waals surface area (Å²) >= 11 is 6.24. The molecule has 42 heavy (non-hydrogen) atoms. The predicted molar refractivity (Wildman–Crippen MR) is 148 cm³/mol. The minimum absolute atomic E-state index is 0.0520. The quantitative estimate of drug-likeness (QED) is 0.352. The minimum atomic E-state index is -6.07. The molecular weight excluding hydrogens is 608 g/mol. The number of aliphatic hydroxyl groups is 1. The normalized spacial score (nSPS) is 21.5. The van der Waals surface area contributed by atoms with Gasteiger partial charge < -0.3 is 5.11 Å². The molecule has 0 amide bonds. The van der Waals surface area contributed by atoms with Gasteiger partial charge in [-0.15, -0.1) is 0 Å². The zero-order valence-corrected chi connectivity index (χ0v) is 23.7. The number of alkyl halides is 6. The van der Waals surface area contributed by atoms with Gasteiger partial charge in [0.05, 0.1) is 27.7 Å². The molecule has 2 aromatic rings. The molecule has 0 aromatic heterocycles. The van der Waals surface area contributed by atoms with Gasteiger partial charge in [0.2, 0.25) is 10.0 Å². The maximum absolute atomic E-state index is 13.7. The first-order valence-corrected chi connectivity index (χ1v) is 15.3. The number of benzene rings is 2. The van der Waals surface area contributed by atoms with Gasteiger partial charge in [-0.1, -0.05) is 66.9 Å². The molecule has 3 aliphatic rings. The summed E-state index contributed by atoms with van der Waals surface area (Å²) in [6.07, 6.45) is -7.59. The van der Waals surface area contributed by atoms with Crippen LogP contribution in [0, 0.1) is 0 Å². The van der Waals surface area contributed by atoms with Crippen molar-refractivity contribution in [3.63, 3.8) is 0 Å². The van der Waals surface area contributed by atoms with Crippen molar-refractivity contribution in [3.05, 3.63) is 70.8 Å². The topological polar surface area (TPSA) is 73.2 Å². The first-order valence-electron chi connectivity index (χ1n) is 13.4. The molecule has 14 heteroatoms. The standard InChI is InChI=1S/C28H28ClF6N3O3S/c29-22-7-3-4-8-23(22)38-24(17-25(36-38)26(39,27(30,31)32)28(33,34)35)20-11-9-18(10-12-20)19-13-15-37(16-14-19)42(40,41)21-5-1-2-6-21/h3-4,7-13,21,24,39H,1-2,5-6,14-17H2. The van der Waals surface area contributed by atoms with Crippen LogP contribution in [0.15, 0.2) is 59.7 Å². The molecule has 2 aliphatic heterocycles. The Morgan fingerprint density at radius 1 is 0.929 bits per heavy atom. The van der Waals surface area contributed by atoms with E-state index in [1.54, 1.807) is 30.3 Å². The van der Waals surface area contributed by atoms with Gasteiger partial charge in [0.1, 0.15) is 0 Å². The number of hydrazone groups is 1. The lowest BCUT2D eigenvalue weighted by Crippen LogP contribution is -2.62. The number of halogens is 7. The molecule has 228 valence electrons. The number of sulfonamides is 1. The Balaban J connectivity index is 1.42. The highest BCUT2D eigenvalue weighted by Crippen LogP contribution is 2.49. The van der Waals surface area contributed by atoms with Gasteiger partial charge in [0.15, 0.2) is 0 Å². The van der Waals surface area contributed by atoms with Crippen LogP contribution in [-0.4, -0.2) is 59.8 Å². The molecule has 2 aromatic carbocycles. The lowest BCUT2D eigenvalue weighted by atomic mass is 9.89. The number of para-hydroxylation sites is 1. The third-order valence-electron chi connectivity index (χ3n) is 8.17. The summed E-state index contributed by atoms with van der Waals surface area (Å²) in [4.78, 5) is 0. The highest BCUT2D eigenvalue weighted by Gasteiger charge is 2.74. The fourth-order valence-corrected chi connectivity index (χ4v) is 8.00. The largest absolute Gasteiger partial charge is 0.431 e. The average Bonchev–Trinajstić information content (AvgIpc) is 3.64. The van der Waals surface area contributed by atoms with E-state index in [0.717, 1.165) is 29.0 Å². The van der Waals surface area contributed by atoms with Crippen LogP contribution in [0.1, 0.15) is 55.7 Å². The Morgan fingerprint density at radius 2 is 1.55 bits per heavy atom. The summed E-state index contributed by atoms with van der Waals surface area (Å²) in [6.45, 7) is 0.545. The molecule has 0 radical (unpaired) electrons. The predicted octanol–water partition coefficient (Wildman–Crippen LogP) is 6.86. The summed E-state index contributed by atoms with van der Waals surface area (Å²) in [5, 5.41) is 14.4. The van der Waals surface area contributed by atoms with Gasteiger partial charge in [-0.3, -0.25) is 5.01 Å². The zero-order valence-electron chi connectivity index (χ0n) is 22.2. The molecular formula is C28H28ClF6N3O3S. The monoisotopic (exact) mass is 635 g/mol. The van der Waals surface area contributed by atoms with E-state index in [2.05, 4.69) is 5.10 Å². The molecule has 0 bridgehead atoms. The summed E-state index contributed by atoms with van der Waals surface area (Å²) in [5.74, 6) is 0. The van der Waals surface area contributed by atoms with Crippen molar-refractivity contribution >= 4 is 38.6 Å². The van der Waals surface area contributed by atoms with Crippen molar-refractivity contribution in [2.75, 3.05) is 18.1 Å². The maximum atomic E-state index is 13.7. The average molecular weight is 636 g/mol. The van der Waals surface area contributed by atoms with E-state index in [1.165, 1.54) is 22.5 Å². The number of hydrogen-bond acceptors (Lipinski definition) is 5. The second-order valence-electron chi connectivity index (χ2n) is 10.7. The summed E-state index contributed by atoms with van der Waals surface area (Å²) in [7, 11) is -3.38. The van der Waals surface area contributed by atoms with E-state index >= 15 is 0 Å². The van der Waals surface area contributed by atoms with E-state index in [4.69, 9.17) is 11.6 Å². The molecule has 6 nitrogen and oxygen atoms in total. The third-order valence-corrected chi connectivity index (χ3v) is 10.9. The van der Waals surface area contributed by atoms with Crippen LogP contribution in [-0.2, 0) is 10.0 Å². The second kappa shape index (κ2) is 11.1. The Labute approximate surface area is 244 Å². The van der Waals surface area contributed by atoms with Gasteiger partial charge in [0.25, 0.3) is 5.60 Å². The van der Waals surface area contributed by atoms with Crippen LogP contribution < -0.4 is 5.01 Å². The molecule has 1 N–H and O–H groups in total. The van der Waals surface area contributed by atoms with Crippen LogP contribution in [0.2, 0.25) is 5.02 Å². The number of hydrogen-bond donors (Lipinski definition) is 1. The molecule has 1 saturated carbocycles. The molecule has 1 atom stereocenters.